The number of amides is 1. The van der Waals surface area contributed by atoms with Gasteiger partial charge in [-0.25, -0.2) is 0 Å². The Balaban J connectivity index is 1.96. The van der Waals surface area contributed by atoms with Crippen molar-refractivity contribution in [2.45, 2.75) is 32.6 Å². The Hall–Kier alpha value is -1.86. The minimum atomic E-state index is -0.0944. The fourth-order valence-corrected chi connectivity index (χ4v) is 2.05. The third kappa shape index (κ3) is 3.82. The summed E-state index contributed by atoms with van der Waals surface area (Å²) in [6, 6.07) is 1.73. The fraction of sp³-hybridized carbons (Fsp3) is 0.500. The van der Waals surface area contributed by atoms with Crippen LogP contribution >= 0.6 is 0 Å². The molecule has 0 aromatic carbocycles. The van der Waals surface area contributed by atoms with Crippen LogP contribution in [-0.2, 0) is 0 Å². The predicted molar refractivity (Wildman–Crippen MR) is 77.1 cm³/mol. The lowest BCUT2D eigenvalue weighted by atomic mass is 10.0. The van der Waals surface area contributed by atoms with Crippen molar-refractivity contribution in [3.05, 3.63) is 29.6 Å². The summed E-state index contributed by atoms with van der Waals surface area (Å²) in [5.74, 6) is 5.61. The summed E-state index contributed by atoms with van der Waals surface area (Å²) in [7, 11) is 0. The molecular formula is C16H20N2O2. The fourth-order valence-electron chi connectivity index (χ4n) is 2.05. The summed E-state index contributed by atoms with van der Waals surface area (Å²) >= 11 is 0. The second-order valence-electron chi connectivity index (χ2n) is 5.27. The van der Waals surface area contributed by atoms with Crippen LogP contribution in [0.5, 0.6) is 0 Å². The van der Waals surface area contributed by atoms with E-state index in [-0.39, 0.29) is 12.5 Å². The van der Waals surface area contributed by atoms with Crippen LogP contribution in [0.2, 0.25) is 0 Å². The normalized spacial score (nSPS) is 15.1. The average molecular weight is 272 g/mol. The maximum absolute atomic E-state index is 12.1. The van der Waals surface area contributed by atoms with Gasteiger partial charge in [0.25, 0.3) is 5.91 Å². The molecular weight excluding hydrogens is 252 g/mol. The second-order valence-corrected chi connectivity index (χ2v) is 5.27. The Morgan fingerprint density at radius 2 is 2.30 bits per heavy atom. The molecule has 0 bridgehead atoms. The Morgan fingerprint density at radius 1 is 1.50 bits per heavy atom. The highest BCUT2D eigenvalue weighted by molar-refractivity contribution is 5.94. The maximum atomic E-state index is 12.1. The predicted octanol–water partition coefficient (Wildman–Crippen LogP) is 1.74. The molecule has 106 valence electrons. The Labute approximate surface area is 119 Å². The highest BCUT2D eigenvalue weighted by atomic mass is 16.2. The summed E-state index contributed by atoms with van der Waals surface area (Å²) in [5, 5.41) is 11.7. The molecule has 4 nitrogen and oxygen atoms in total. The smallest absolute Gasteiger partial charge is 0.252 e. The molecule has 1 aliphatic rings. The van der Waals surface area contributed by atoms with Crippen molar-refractivity contribution in [3.8, 4) is 11.8 Å². The Morgan fingerprint density at radius 3 is 2.95 bits per heavy atom. The van der Waals surface area contributed by atoms with E-state index in [1.807, 2.05) is 0 Å². The van der Waals surface area contributed by atoms with Crippen molar-refractivity contribution in [3.63, 3.8) is 0 Å². The van der Waals surface area contributed by atoms with E-state index in [4.69, 9.17) is 5.11 Å². The first-order valence-corrected chi connectivity index (χ1v) is 7.02. The van der Waals surface area contributed by atoms with Crippen LogP contribution in [0.4, 0.5) is 0 Å². The lowest BCUT2D eigenvalue weighted by molar-refractivity contribution is 0.0944. The first-order chi connectivity index (χ1) is 9.69. The largest absolute Gasteiger partial charge is 0.395 e. The van der Waals surface area contributed by atoms with Gasteiger partial charge < -0.3 is 10.4 Å². The molecule has 0 aliphatic heterocycles. The molecule has 1 aliphatic carbocycles. The number of hydrogen-bond acceptors (Lipinski definition) is 3. The van der Waals surface area contributed by atoms with E-state index in [9.17, 15) is 4.79 Å². The summed E-state index contributed by atoms with van der Waals surface area (Å²) in [4.78, 5) is 16.1. The van der Waals surface area contributed by atoms with Crippen LogP contribution in [0.1, 0.15) is 48.5 Å². The zero-order valence-electron chi connectivity index (χ0n) is 11.8. The zero-order valence-corrected chi connectivity index (χ0v) is 11.8. The van der Waals surface area contributed by atoms with Gasteiger partial charge in [-0.2, -0.15) is 0 Å². The van der Waals surface area contributed by atoms with Gasteiger partial charge in [0.05, 0.1) is 12.2 Å². The van der Waals surface area contributed by atoms with Crippen molar-refractivity contribution >= 4 is 5.91 Å². The van der Waals surface area contributed by atoms with Crippen LogP contribution < -0.4 is 5.32 Å². The van der Waals surface area contributed by atoms with E-state index in [1.54, 1.807) is 18.5 Å². The van der Waals surface area contributed by atoms with Crippen molar-refractivity contribution in [1.82, 2.24) is 10.3 Å². The van der Waals surface area contributed by atoms with Gasteiger partial charge in [0.15, 0.2) is 0 Å². The number of nitrogens with one attached hydrogen (secondary N) is 1. The molecule has 2 N–H and O–H groups in total. The summed E-state index contributed by atoms with van der Waals surface area (Å²) < 4.78 is 0. The number of pyridine rings is 1. The van der Waals surface area contributed by atoms with E-state index in [2.05, 4.69) is 29.1 Å². The molecule has 0 radical (unpaired) electrons. The zero-order chi connectivity index (χ0) is 14.4. The molecule has 20 heavy (non-hydrogen) atoms. The monoisotopic (exact) mass is 272 g/mol. The molecule has 0 unspecified atom stereocenters. The molecule has 1 amide bonds. The first kappa shape index (κ1) is 14.5. The number of carbonyl (C=O) groups excluding carboxylic acids is 1. The van der Waals surface area contributed by atoms with Crippen LogP contribution in [0.3, 0.4) is 0 Å². The molecule has 1 heterocycles. The van der Waals surface area contributed by atoms with E-state index >= 15 is 0 Å². The summed E-state index contributed by atoms with van der Waals surface area (Å²) in [6.45, 7) is 2.94. The average Bonchev–Trinajstić information content (AvgIpc) is 3.26. The maximum Gasteiger partial charge on any atom is 0.252 e. The van der Waals surface area contributed by atoms with Crippen molar-refractivity contribution in [2.75, 3.05) is 13.2 Å². The molecule has 0 saturated heterocycles. The van der Waals surface area contributed by atoms with Crippen molar-refractivity contribution < 1.29 is 9.90 Å². The molecule has 1 aromatic heterocycles. The number of carbonyl (C=O) groups is 1. The number of aromatic nitrogens is 1. The van der Waals surface area contributed by atoms with Gasteiger partial charge >= 0.3 is 0 Å². The number of hydrogen-bond donors (Lipinski definition) is 2. The standard InChI is InChI=1S/C16H20N2O2/c1-2-16(6-7-16)12-18-15(20)14-9-13(10-17-11-14)5-3-4-8-19/h9-11,19H,2,4,6-8,12H2,1H3,(H,18,20). The molecule has 0 atom stereocenters. The lowest BCUT2D eigenvalue weighted by Crippen LogP contribution is -2.30. The number of aliphatic hydroxyl groups excluding tert-OH is 1. The number of rotatable bonds is 5. The molecule has 2 rings (SSSR count). The van der Waals surface area contributed by atoms with Crippen LogP contribution in [0.15, 0.2) is 18.5 Å². The minimum Gasteiger partial charge on any atom is -0.395 e. The molecule has 1 fully saturated rings. The SMILES string of the molecule is CCC1(CNC(=O)c2cncc(C#CCCO)c2)CC1. The van der Waals surface area contributed by atoms with E-state index in [1.165, 1.54) is 12.8 Å². The van der Waals surface area contributed by atoms with Crippen molar-refractivity contribution in [2.24, 2.45) is 5.41 Å². The van der Waals surface area contributed by atoms with E-state index in [0.29, 0.717) is 23.0 Å². The van der Waals surface area contributed by atoms with Gasteiger partial charge in [-0.1, -0.05) is 18.8 Å². The molecule has 1 saturated carbocycles. The summed E-state index contributed by atoms with van der Waals surface area (Å²) in [5.41, 5.74) is 1.57. The highest BCUT2D eigenvalue weighted by Crippen LogP contribution is 2.47. The molecule has 0 spiro atoms. The Kier molecular flexibility index (Phi) is 4.75. The topological polar surface area (TPSA) is 62.2 Å². The molecule has 4 heteroatoms. The van der Waals surface area contributed by atoms with E-state index in [0.717, 1.165) is 13.0 Å². The van der Waals surface area contributed by atoms with Crippen LogP contribution in [-0.4, -0.2) is 29.1 Å². The van der Waals surface area contributed by atoms with Gasteiger partial charge in [-0.15, -0.1) is 0 Å². The summed E-state index contributed by atoms with van der Waals surface area (Å²) in [6.07, 6.45) is 7.12. The highest BCUT2D eigenvalue weighted by Gasteiger charge is 2.40. The third-order valence-corrected chi connectivity index (χ3v) is 3.80. The quantitative estimate of drug-likeness (QED) is 0.803. The first-order valence-electron chi connectivity index (χ1n) is 7.02. The lowest BCUT2D eigenvalue weighted by Gasteiger charge is -2.13. The van der Waals surface area contributed by atoms with Gasteiger partial charge in [0.1, 0.15) is 0 Å². The second kappa shape index (κ2) is 6.53. The number of aliphatic hydroxyl groups is 1. The van der Waals surface area contributed by atoms with Gasteiger partial charge in [0.2, 0.25) is 0 Å². The minimum absolute atomic E-state index is 0.0414. The molecule has 1 aromatic rings. The van der Waals surface area contributed by atoms with Gasteiger partial charge in [0, 0.05) is 30.9 Å². The van der Waals surface area contributed by atoms with Crippen LogP contribution in [0.25, 0.3) is 0 Å². The van der Waals surface area contributed by atoms with E-state index < -0.39 is 0 Å². The van der Waals surface area contributed by atoms with Gasteiger partial charge in [-0.3, -0.25) is 9.78 Å². The third-order valence-electron chi connectivity index (χ3n) is 3.80. The number of nitrogens with zero attached hydrogens (tertiary/aromatic N) is 1. The van der Waals surface area contributed by atoms with Crippen molar-refractivity contribution in [1.29, 1.82) is 0 Å². The van der Waals surface area contributed by atoms with Gasteiger partial charge in [-0.05, 0) is 30.7 Å². The van der Waals surface area contributed by atoms with Crippen LogP contribution in [0, 0.1) is 17.3 Å². The Bertz CT molecular complexity index is 539.